The van der Waals surface area contributed by atoms with Gasteiger partial charge in [0.1, 0.15) is 11.4 Å². The highest BCUT2D eigenvalue weighted by Crippen LogP contribution is 2.32. The maximum atomic E-state index is 13.1. The van der Waals surface area contributed by atoms with E-state index < -0.39 is 11.7 Å². The zero-order valence-electron chi connectivity index (χ0n) is 13.0. The second kappa shape index (κ2) is 6.94. The zero-order chi connectivity index (χ0) is 17.9. The van der Waals surface area contributed by atoms with Crippen LogP contribution in [0.15, 0.2) is 54.9 Å². The Morgan fingerprint density at radius 2 is 1.76 bits per heavy atom. The minimum Gasteiger partial charge on any atom is -0.392 e. The second-order valence-corrected chi connectivity index (χ2v) is 5.35. The first kappa shape index (κ1) is 17.0. The molecule has 0 saturated heterocycles. The van der Waals surface area contributed by atoms with Crippen molar-refractivity contribution in [2.24, 2.45) is 0 Å². The van der Waals surface area contributed by atoms with E-state index in [1.54, 1.807) is 18.2 Å². The smallest absolute Gasteiger partial charge is 0.392 e. The van der Waals surface area contributed by atoms with Crippen molar-refractivity contribution in [1.82, 2.24) is 14.8 Å². The van der Waals surface area contributed by atoms with E-state index in [1.807, 2.05) is 12.1 Å². The topological polar surface area (TPSA) is 63.0 Å². The SMILES string of the molecule is OCc1ccc(CNc2ccn(-c3ncccc3C(F)(F)F)n2)cc1. The third kappa shape index (κ3) is 3.97. The summed E-state index contributed by atoms with van der Waals surface area (Å²) in [5.74, 6) is 0.167. The van der Waals surface area contributed by atoms with Crippen LogP contribution in [0.3, 0.4) is 0 Å². The zero-order valence-corrected chi connectivity index (χ0v) is 13.0. The van der Waals surface area contributed by atoms with Crippen LogP contribution in [0.4, 0.5) is 19.0 Å². The Kier molecular flexibility index (Phi) is 4.71. The maximum absolute atomic E-state index is 13.1. The van der Waals surface area contributed by atoms with E-state index in [0.29, 0.717) is 12.4 Å². The Balaban J connectivity index is 1.75. The van der Waals surface area contributed by atoms with Crippen molar-refractivity contribution in [1.29, 1.82) is 0 Å². The van der Waals surface area contributed by atoms with Gasteiger partial charge in [0, 0.05) is 25.0 Å². The molecule has 0 aliphatic rings. The molecule has 0 atom stereocenters. The Morgan fingerprint density at radius 3 is 2.44 bits per heavy atom. The number of rotatable bonds is 5. The molecule has 2 heterocycles. The molecule has 25 heavy (non-hydrogen) atoms. The van der Waals surface area contributed by atoms with Crippen molar-refractivity contribution in [3.63, 3.8) is 0 Å². The number of alkyl halides is 3. The van der Waals surface area contributed by atoms with E-state index in [0.717, 1.165) is 21.9 Å². The molecular weight excluding hydrogens is 333 g/mol. The number of halogens is 3. The summed E-state index contributed by atoms with van der Waals surface area (Å²) < 4.78 is 40.3. The van der Waals surface area contributed by atoms with Gasteiger partial charge in [-0.1, -0.05) is 24.3 Å². The molecule has 0 fully saturated rings. The van der Waals surface area contributed by atoms with E-state index in [-0.39, 0.29) is 12.4 Å². The average molecular weight is 348 g/mol. The van der Waals surface area contributed by atoms with Gasteiger partial charge in [-0.3, -0.25) is 0 Å². The summed E-state index contributed by atoms with van der Waals surface area (Å²) in [6.07, 6.45) is -1.78. The molecule has 2 aromatic heterocycles. The van der Waals surface area contributed by atoms with Crippen LogP contribution in [-0.2, 0) is 19.3 Å². The van der Waals surface area contributed by atoms with Crippen molar-refractivity contribution in [2.75, 3.05) is 5.32 Å². The van der Waals surface area contributed by atoms with Gasteiger partial charge in [0.2, 0.25) is 0 Å². The lowest BCUT2D eigenvalue weighted by Gasteiger charge is -2.11. The van der Waals surface area contributed by atoms with Crippen LogP contribution in [-0.4, -0.2) is 19.9 Å². The lowest BCUT2D eigenvalue weighted by atomic mass is 10.1. The van der Waals surface area contributed by atoms with Crippen molar-refractivity contribution >= 4 is 5.82 Å². The molecule has 130 valence electrons. The highest BCUT2D eigenvalue weighted by atomic mass is 19.4. The number of nitrogens with one attached hydrogen (secondary N) is 1. The third-order valence-corrected chi connectivity index (χ3v) is 3.58. The van der Waals surface area contributed by atoms with Crippen molar-refractivity contribution in [2.45, 2.75) is 19.3 Å². The molecule has 3 aromatic rings. The summed E-state index contributed by atoms with van der Waals surface area (Å²) in [6, 6.07) is 11.1. The number of aliphatic hydroxyl groups excluding tert-OH is 1. The summed E-state index contributed by atoms with van der Waals surface area (Å²) in [7, 11) is 0. The fourth-order valence-corrected chi connectivity index (χ4v) is 2.29. The molecule has 8 heteroatoms. The lowest BCUT2D eigenvalue weighted by molar-refractivity contribution is -0.137. The Morgan fingerprint density at radius 1 is 1.04 bits per heavy atom. The van der Waals surface area contributed by atoms with Crippen molar-refractivity contribution in [3.8, 4) is 5.82 Å². The van der Waals surface area contributed by atoms with Crippen LogP contribution in [0.5, 0.6) is 0 Å². The molecule has 0 aliphatic heterocycles. The van der Waals surface area contributed by atoms with Crippen LogP contribution in [0.25, 0.3) is 5.82 Å². The molecule has 0 unspecified atom stereocenters. The minimum atomic E-state index is -4.50. The Hall–Kier alpha value is -2.87. The fraction of sp³-hybridized carbons (Fsp3) is 0.176. The highest BCUT2D eigenvalue weighted by Gasteiger charge is 2.34. The molecule has 0 bridgehead atoms. The maximum Gasteiger partial charge on any atom is 0.420 e. The summed E-state index contributed by atoms with van der Waals surface area (Å²) in [5, 5.41) is 16.2. The fourth-order valence-electron chi connectivity index (χ4n) is 2.29. The molecule has 0 radical (unpaired) electrons. The molecule has 0 spiro atoms. The number of aromatic nitrogens is 3. The van der Waals surface area contributed by atoms with Crippen LogP contribution < -0.4 is 5.32 Å². The predicted octanol–water partition coefficient (Wildman–Crippen LogP) is 3.39. The first-order valence-corrected chi connectivity index (χ1v) is 7.48. The van der Waals surface area contributed by atoms with Gasteiger partial charge in [0.25, 0.3) is 0 Å². The Bertz CT molecular complexity index is 844. The minimum absolute atomic E-state index is 0.0241. The van der Waals surface area contributed by atoms with Gasteiger partial charge in [-0.25, -0.2) is 9.67 Å². The standard InChI is InChI=1S/C17H15F3N4O/c18-17(19,20)14-2-1-8-21-16(14)24-9-7-15(23-24)22-10-12-3-5-13(11-25)6-4-12/h1-9,25H,10-11H2,(H,22,23). The van der Waals surface area contributed by atoms with Crippen LogP contribution >= 0.6 is 0 Å². The van der Waals surface area contributed by atoms with Crippen LogP contribution in [0.2, 0.25) is 0 Å². The van der Waals surface area contributed by atoms with Crippen LogP contribution in [0.1, 0.15) is 16.7 Å². The molecule has 1 aromatic carbocycles. The lowest BCUT2D eigenvalue weighted by Crippen LogP contribution is -2.12. The number of pyridine rings is 1. The molecule has 0 amide bonds. The predicted molar refractivity (Wildman–Crippen MR) is 86.1 cm³/mol. The molecular formula is C17H15F3N4O. The Labute approximate surface area is 141 Å². The van der Waals surface area contributed by atoms with Gasteiger partial charge < -0.3 is 10.4 Å². The number of benzene rings is 1. The van der Waals surface area contributed by atoms with E-state index >= 15 is 0 Å². The number of aliphatic hydroxyl groups is 1. The largest absolute Gasteiger partial charge is 0.420 e. The second-order valence-electron chi connectivity index (χ2n) is 5.35. The first-order chi connectivity index (χ1) is 12.0. The highest BCUT2D eigenvalue weighted by molar-refractivity contribution is 5.40. The molecule has 2 N–H and O–H groups in total. The molecule has 0 saturated carbocycles. The van der Waals surface area contributed by atoms with Gasteiger partial charge >= 0.3 is 6.18 Å². The van der Waals surface area contributed by atoms with E-state index in [4.69, 9.17) is 5.11 Å². The average Bonchev–Trinajstić information content (AvgIpc) is 3.08. The van der Waals surface area contributed by atoms with Gasteiger partial charge in [-0.15, -0.1) is 5.10 Å². The van der Waals surface area contributed by atoms with E-state index in [9.17, 15) is 13.2 Å². The summed E-state index contributed by atoms with van der Waals surface area (Å²) in [5.41, 5.74) is 0.924. The van der Waals surface area contributed by atoms with Gasteiger partial charge in [-0.2, -0.15) is 13.2 Å². The van der Waals surface area contributed by atoms with E-state index in [1.165, 1.54) is 18.5 Å². The molecule has 0 aliphatic carbocycles. The van der Waals surface area contributed by atoms with Gasteiger partial charge in [0.05, 0.1) is 6.61 Å². The monoisotopic (exact) mass is 348 g/mol. The third-order valence-electron chi connectivity index (χ3n) is 3.58. The first-order valence-electron chi connectivity index (χ1n) is 7.48. The summed E-state index contributed by atoms with van der Waals surface area (Å²) in [6.45, 7) is 0.431. The number of hydrogen-bond acceptors (Lipinski definition) is 4. The molecule has 5 nitrogen and oxygen atoms in total. The number of hydrogen-bond donors (Lipinski definition) is 2. The normalized spacial score (nSPS) is 11.5. The van der Waals surface area contributed by atoms with Gasteiger partial charge in [-0.05, 0) is 23.3 Å². The number of anilines is 1. The summed E-state index contributed by atoms with van der Waals surface area (Å²) in [4.78, 5) is 3.80. The number of nitrogens with zero attached hydrogens (tertiary/aromatic N) is 3. The molecule has 3 rings (SSSR count). The van der Waals surface area contributed by atoms with Crippen molar-refractivity contribution in [3.05, 3.63) is 71.5 Å². The van der Waals surface area contributed by atoms with Gasteiger partial charge in [0.15, 0.2) is 5.82 Å². The van der Waals surface area contributed by atoms with Crippen molar-refractivity contribution < 1.29 is 18.3 Å². The quantitative estimate of drug-likeness (QED) is 0.742. The van der Waals surface area contributed by atoms with E-state index in [2.05, 4.69) is 15.4 Å². The van der Waals surface area contributed by atoms with Crippen LogP contribution in [0, 0.1) is 0 Å². The summed E-state index contributed by atoms with van der Waals surface area (Å²) >= 11 is 0.